The van der Waals surface area contributed by atoms with Crippen molar-refractivity contribution >= 4 is 46.6 Å². The van der Waals surface area contributed by atoms with Gasteiger partial charge in [0.05, 0.1) is 0 Å². The molecule has 0 aliphatic rings. The Morgan fingerprint density at radius 1 is 1.03 bits per heavy atom. The molecule has 0 spiro atoms. The topological polar surface area (TPSA) is 58.6 Å². The second-order valence-electron chi connectivity index (χ2n) is 6.32. The number of carbonyl (C=O) groups excluding carboxylic acids is 2. The fraction of sp³-hybridized carbons (Fsp3) is 0.333. The van der Waals surface area contributed by atoms with Crippen molar-refractivity contribution in [2.75, 3.05) is 13.2 Å². The van der Waals surface area contributed by atoms with E-state index in [2.05, 4.69) is 5.32 Å². The Bertz CT molecular complexity index is 844. The normalized spacial score (nSPS) is 11.6. The summed E-state index contributed by atoms with van der Waals surface area (Å²) < 4.78 is 5.59. The second-order valence-corrected chi connectivity index (χ2v) is 7.60. The number of likely N-dealkylation sites (N-methyl/N-ethyl adjacent to an activating group) is 1. The molecule has 1 unspecified atom stereocenters. The van der Waals surface area contributed by atoms with Crippen LogP contribution in [0.1, 0.15) is 25.8 Å². The zero-order valence-corrected chi connectivity index (χ0v) is 18.5. The molecule has 2 aromatic rings. The van der Waals surface area contributed by atoms with Crippen LogP contribution in [-0.2, 0) is 16.1 Å². The number of rotatable bonds is 9. The standard InChI is InChI=1S/C21H23Cl3N2O3/c1-3-19(21(28)25-4-2)26(12-14-5-6-16(23)11-18(14)24)20(27)13-29-17-9-7-15(22)8-10-17/h5-11,19H,3-4,12-13H2,1-2H3,(H,25,28). The molecule has 156 valence electrons. The fourth-order valence-electron chi connectivity index (χ4n) is 2.80. The van der Waals surface area contributed by atoms with E-state index in [0.717, 1.165) is 0 Å². The summed E-state index contributed by atoms with van der Waals surface area (Å²) in [5.41, 5.74) is 0.693. The fourth-order valence-corrected chi connectivity index (χ4v) is 3.40. The number of ether oxygens (including phenoxy) is 1. The third-order valence-electron chi connectivity index (χ3n) is 4.27. The van der Waals surface area contributed by atoms with Gasteiger partial charge >= 0.3 is 0 Å². The molecule has 0 saturated carbocycles. The molecule has 2 rings (SSSR count). The summed E-state index contributed by atoms with van der Waals surface area (Å²) in [6, 6.07) is 11.1. The van der Waals surface area contributed by atoms with Crippen molar-refractivity contribution < 1.29 is 14.3 Å². The molecule has 2 amide bonds. The molecule has 8 heteroatoms. The van der Waals surface area contributed by atoms with E-state index in [-0.39, 0.29) is 25.0 Å². The first-order valence-corrected chi connectivity index (χ1v) is 10.4. The lowest BCUT2D eigenvalue weighted by molar-refractivity contribution is -0.142. The highest BCUT2D eigenvalue weighted by atomic mass is 35.5. The van der Waals surface area contributed by atoms with Crippen LogP contribution in [0.3, 0.4) is 0 Å². The minimum Gasteiger partial charge on any atom is -0.484 e. The lowest BCUT2D eigenvalue weighted by Crippen LogP contribution is -2.50. The van der Waals surface area contributed by atoms with Crippen LogP contribution in [-0.4, -0.2) is 35.9 Å². The monoisotopic (exact) mass is 456 g/mol. The molecular weight excluding hydrogens is 435 g/mol. The van der Waals surface area contributed by atoms with Crippen molar-refractivity contribution in [3.8, 4) is 5.75 Å². The number of hydrogen-bond acceptors (Lipinski definition) is 3. The van der Waals surface area contributed by atoms with E-state index in [0.29, 0.717) is 39.3 Å². The van der Waals surface area contributed by atoms with Gasteiger partial charge in [0.1, 0.15) is 11.8 Å². The molecule has 0 aromatic heterocycles. The van der Waals surface area contributed by atoms with Gasteiger partial charge in [0.2, 0.25) is 5.91 Å². The Morgan fingerprint density at radius 3 is 2.28 bits per heavy atom. The van der Waals surface area contributed by atoms with Gasteiger partial charge in [0.15, 0.2) is 6.61 Å². The molecule has 0 radical (unpaired) electrons. The summed E-state index contributed by atoms with van der Waals surface area (Å²) in [4.78, 5) is 27.0. The highest BCUT2D eigenvalue weighted by Crippen LogP contribution is 2.24. The van der Waals surface area contributed by atoms with E-state index in [1.54, 1.807) is 42.5 Å². The molecule has 0 fully saturated rings. The first-order valence-electron chi connectivity index (χ1n) is 9.25. The maximum absolute atomic E-state index is 13.0. The van der Waals surface area contributed by atoms with E-state index in [4.69, 9.17) is 39.5 Å². The predicted octanol–water partition coefficient (Wildman–Crippen LogP) is 4.97. The number of nitrogens with one attached hydrogen (secondary N) is 1. The first-order chi connectivity index (χ1) is 13.8. The van der Waals surface area contributed by atoms with E-state index in [1.807, 2.05) is 13.8 Å². The van der Waals surface area contributed by atoms with Crippen LogP contribution >= 0.6 is 34.8 Å². The molecule has 0 heterocycles. The highest BCUT2D eigenvalue weighted by molar-refractivity contribution is 6.35. The van der Waals surface area contributed by atoms with Gasteiger partial charge in [-0.2, -0.15) is 0 Å². The zero-order valence-electron chi connectivity index (χ0n) is 16.3. The van der Waals surface area contributed by atoms with E-state index >= 15 is 0 Å². The molecule has 1 N–H and O–H groups in total. The maximum atomic E-state index is 13.0. The third-order valence-corrected chi connectivity index (χ3v) is 5.11. The summed E-state index contributed by atoms with van der Waals surface area (Å²) >= 11 is 18.1. The van der Waals surface area contributed by atoms with Crippen LogP contribution in [0.5, 0.6) is 5.75 Å². The van der Waals surface area contributed by atoms with Crippen molar-refractivity contribution in [2.24, 2.45) is 0 Å². The molecular formula is C21H23Cl3N2O3. The average molecular weight is 458 g/mol. The quantitative estimate of drug-likeness (QED) is 0.578. The Balaban J connectivity index is 2.22. The SMILES string of the molecule is CCNC(=O)C(CC)N(Cc1ccc(Cl)cc1Cl)C(=O)COc1ccc(Cl)cc1. The molecule has 2 aromatic carbocycles. The van der Waals surface area contributed by atoms with Crippen molar-refractivity contribution in [1.82, 2.24) is 10.2 Å². The summed E-state index contributed by atoms with van der Waals surface area (Å²) in [6.07, 6.45) is 0.448. The molecule has 0 saturated heterocycles. The first kappa shape index (κ1) is 23.3. The minimum absolute atomic E-state index is 0.161. The van der Waals surface area contributed by atoms with Crippen molar-refractivity contribution in [3.05, 3.63) is 63.1 Å². The lowest BCUT2D eigenvalue weighted by atomic mass is 10.1. The van der Waals surface area contributed by atoms with Gasteiger partial charge in [0, 0.05) is 28.2 Å². The van der Waals surface area contributed by atoms with Crippen LogP contribution in [0.2, 0.25) is 15.1 Å². The molecule has 0 aliphatic heterocycles. The maximum Gasteiger partial charge on any atom is 0.261 e. The van der Waals surface area contributed by atoms with Crippen LogP contribution < -0.4 is 10.1 Å². The molecule has 5 nitrogen and oxygen atoms in total. The number of halogens is 3. The number of amides is 2. The summed E-state index contributed by atoms with van der Waals surface area (Å²) in [5.74, 6) is -0.0396. The number of carbonyl (C=O) groups is 2. The molecule has 1 atom stereocenters. The van der Waals surface area contributed by atoms with Gasteiger partial charge in [-0.3, -0.25) is 9.59 Å². The van der Waals surface area contributed by atoms with Gasteiger partial charge in [-0.1, -0.05) is 47.8 Å². The largest absolute Gasteiger partial charge is 0.484 e. The Morgan fingerprint density at radius 2 is 1.69 bits per heavy atom. The van der Waals surface area contributed by atoms with Crippen molar-refractivity contribution in [1.29, 1.82) is 0 Å². The zero-order chi connectivity index (χ0) is 21.4. The van der Waals surface area contributed by atoms with E-state index in [1.165, 1.54) is 4.90 Å². The number of nitrogens with zero attached hydrogens (tertiary/aromatic N) is 1. The highest BCUT2D eigenvalue weighted by Gasteiger charge is 2.29. The predicted molar refractivity (Wildman–Crippen MR) is 117 cm³/mol. The van der Waals surface area contributed by atoms with Gasteiger partial charge in [-0.25, -0.2) is 0 Å². The van der Waals surface area contributed by atoms with Gasteiger partial charge in [-0.05, 0) is 55.3 Å². The summed E-state index contributed by atoms with van der Waals surface area (Å²) in [6.45, 7) is 4.09. The van der Waals surface area contributed by atoms with Gasteiger partial charge < -0.3 is 15.0 Å². The van der Waals surface area contributed by atoms with Crippen LogP contribution in [0.15, 0.2) is 42.5 Å². The third kappa shape index (κ3) is 6.81. The molecule has 0 bridgehead atoms. The van der Waals surface area contributed by atoms with Crippen LogP contribution in [0, 0.1) is 0 Å². The van der Waals surface area contributed by atoms with Gasteiger partial charge in [0.25, 0.3) is 5.91 Å². The Hall–Kier alpha value is -1.95. The molecule has 29 heavy (non-hydrogen) atoms. The van der Waals surface area contributed by atoms with Crippen molar-refractivity contribution in [2.45, 2.75) is 32.9 Å². The van der Waals surface area contributed by atoms with Gasteiger partial charge in [-0.15, -0.1) is 0 Å². The summed E-state index contributed by atoms with van der Waals surface area (Å²) in [7, 11) is 0. The molecule has 0 aliphatic carbocycles. The van der Waals surface area contributed by atoms with E-state index < -0.39 is 6.04 Å². The Kier molecular flexibility index (Phi) is 9.08. The van der Waals surface area contributed by atoms with E-state index in [9.17, 15) is 9.59 Å². The Labute approximate surface area is 185 Å². The summed E-state index contributed by atoms with van der Waals surface area (Å²) in [5, 5.41) is 4.28. The number of benzene rings is 2. The van der Waals surface area contributed by atoms with Crippen molar-refractivity contribution in [3.63, 3.8) is 0 Å². The minimum atomic E-state index is -0.650. The number of hydrogen-bond donors (Lipinski definition) is 1. The lowest BCUT2D eigenvalue weighted by Gasteiger charge is -2.30. The van der Waals surface area contributed by atoms with Crippen LogP contribution in [0.4, 0.5) is 0 Å². The average Bonchev–Trinajstić information content (AvgIpc) is 2.69. The second kappa shape index (κ2) is 11.3. The smallest absolute Gasteiger partial charge is 0.261 e. The van der Waals surface area contributed by atoms with Crippen LogP contribution in [0.25, 0.3) is 0 Å².